The second-order valence-electron chi connectivity index (χ2n) is 6.61. The molecule has 0 aromatic carbocycles. The number of carbonyl (C=O) groups is 1. The highest BCUT2D eigenvalue weighted by Crippen LogP contribution is 2.25. The van der Waals surface area contributed by atoms with E-state index in [0.717, 1.165) is 23.3 Å². The average Bonchev–Trinajstić information content (AvgIpc) is 2.77. The van der Waals surface area contributed by atoms with E-state index in [-0.39, 0.29) is 11.8 Å². The first-order valence-electron chi connectivity index (χ1n) is 8.03. The Balaban J connectivity index is 1.82. The Morgan fingerprint density at radius 2 is 2.30 bits per heavy atom. The molecule has 0 saturated carbocycles. The van der Waals surface area contributed by atoms with Gasteiger partial charge in [-0.1, -0.05) is 6.07 Å². The number of rotatable bonds is 3. The van der Waals surface area contributed by atoms with Crippen molar-refractivity contribution in [3.05, 3.63) is 35.7 Å². The molecule has 1 fully saturated rings. The molecule has 1 aliphatic heterocycles. The molecule has 0 bridgehead atoms. The van der Waals surface area contributed by atoms with Gasteiger partial charge in [-0.2, -0.15) is 5.10 Å². The molecule has 1 amide bonds. The van der Waals surface area contributed by atoms with Crippen molar-refractivity contribution in [2.75, 3.05) is 26.3 Å². The van der Waals surface area contributed by atoms with Crippen molar-refractivity contribution in [1.82, 2.24) is 20.2 Å². The highest BCUT2D eigenvalue weighted by Gasteiger charge is 2.30. The van der Waals surface area contributed by atoms with Crippen LogP contribution < -0.4 is 10.6 Å². The van der Waals surface area contributed by atoms with Crippen molar-refractivity contribution in [2.24, 2.45) is 5.92 Å². The first-order chi connectivity index (χ1) is 11.0. The first-order valence-corrected chi connectivity index (χ1v) is 8.03. The van der Waals surface area contributed by atoms with Crippen molar-refractivity contribution in [2.45, 2.75) is 26.3 Å². The van der Waals surface area contributed by atoms with Crippen LogP contribution >= 0.6 is 0 Å². The van der Waals surface area contributed by atoms with Crippen molar-refractivity contribution in [3.63, 3.8) is 0 Å². The van der Waals surface area contributed by atoms with Crippen LogP contribution in [0, 0.1) is 12.8 Å². The number of hydrogen-bond donors (Lipinski definition) is 2. The van der Waals surface area contributed by atoms with Gasteiger partial charge < -0.3 is 15.4 Å². The molecule has 1 saturated heterocycles. The number of nitrogens with one attached hydrogen (secondary N) is 2. The van der Waals surface area contributed by atoms with Crippen LogP contribution in [-0.4, -0.2) is 41.8 Å². The Labute approximate surface area is 136 Å². The van der Waals surface area contributed by atoms with E-state index in [1.165, 1.54) is 0 Å². The monoisotopic (exact) mass is 316 g/mol. The number of ether oxygens (including phenoxy) is 1. The normalized spacial score (nSPS) is 19.5. The number of nitrogens with zero attached hydrogens (tertiary/aromatic N) is 2. The SMILES string of the molecule is Cc1cccc2c(C(C)(C)NC(=O)C3CNCCOC3)cnn12. The van der Waals surface area contributed by atoms with E-state index in [9.17, 15) is 4.79 Å². The molecule has 1 aliphatic rings. The third-order valence-electron chi connectivity index (χ3n) is 4.34. The maximum Gasteiger partial charge on any atom is 0.227 e. The summed E-state index contributed by atoms with van der Waals surface area (Å²) in [5, 5.41) is 10.8. The second kappa shape index (κ2) is 6.29. The molecule has 3 rings (SSSR count). The third-order valence-corrected chi connectivity index (χ3v) is 4.34. The summed E-state index contributed by atoms with van der Waals surface area (Å²) >= 11 is 0. The second-order valence-corrected chi connectivity index (χ2v) is 6.61. The molecule has 124 valence electrons. The molecule has 3 heterocycles. The molecule has 0 aliphatic carbocycles. The molecule has 23 heavy (non-hydrogen) atoms. The summed E-state index contributed by atoms with van der Waals surface area (Å²) in [5.74, 6) is -0.156. The molecule has 1 atom stereocenters. The van der Waals surface area contributed by atoms with E-state index in [1.54, 1.807) is 0 Å². The molecule has 1 unspecified atom stereocenters. The maximum atomic E-state index is 12.6. The fraction of sp³-hybridized carbons (Fsp3) is 0.529. The fourth-order valence-electron chi connectivity index (χ4n) is 2.98. The lowest BCUT2D eigenvalue weighted by atomic mass is 9.94. The van der Waals surface area contributed by atoms with Crippen LogP contribution in [0.2, 0.25) is 0 Å². The summed E-state index contributed by atoms with van der Waals surface area (Å²) in [5.41, 5.74) is 2.60. The minimum absolute atomic E-state index is 0.0106. The molecule has 2 N–H and O–H groups in total. The number of pyridine rings is 1. The quantitative estimate of drug-likeness (QED) is 0.894. The van der Waals surface area contributed by atoms with Gasteiger partial charge in [-0.25, -0.2) is 4.52 Å². The van der Waals surface area contributed by atoms with Gasteiger partial charge in [0.05, 0.1) is 36.4 Å². The summed E-state index contributed by atoms with van der Waals surface area (Å²) < 4.78 is 7.38. The van der Waals surface area contributed by atoms with Gasteiger partial charge in [-0.05, 0) is 32.9 Å². The molecule has 0 radical (unpaired) electrons. The number of carbonyl (C=O) groups excluding carboxylic acids is 1. The van der Waals surface area contributed by atoms with Crippen LogP contribution in [0.1, 0.15) is 25.1 Å². The van der Waals surface area contributed by atoms with Crippen LogP contribution in [0.5, 0.6) is 0 Å². The lowest BCUT2D eigenvalue weighted by Crippen LogP contribution is -2.46. The highest BCUT2D eigenvalue weighted by atomic mass is 16.5. The number of aryl methyl sites for hydroxylation is 1. The van der Waals surface area contributed by atoms with Crippen LogP contribution in [0.3, 0.4) is 0 Å². The van der Waals surface area contributed by atoms with Gasteiger partial charge in [-0.3, -0.25) is 4.79 Å². The first kappa shape index (κ1) is 16.0. The Morgan fingerprint density at radius 1 is 1.48 bits per heavy atom. The predicted octanol–water partition coefficient (Wildman–Crippen LogP) is 1.23. The summed E-state index contributed by atoms with van der Waals surface area (Å²) in [4.78, 5) is 12.6. The number of amides is 1. The van der Waals surface area contributed by atoms with E-state index in [0.29, 0.717) is 19.8 Å². The molecular weight excluding hydrogens is 292 g/mol. The molecule has 2 aromatic heterocycles. The molecular formula is C17H24N4O2. The van der Waals surface area contributed by atoms with Gasteiger partial charge in [-0.15, -0.1) is 0 Å². The van der Waals surface area contributed by atoms with E-state index in [4.69, 9.17) is 4.74 Å². The fourth-order valence-corrected chi connectivity index (χ4v) is 2.98. The summed E-state index contributed by atoms with van der Waals surface area (Å²) in [6.07, 6.45) is 1.84. The van der Waals surface area contributed by atoms with E-state index in [2.05, 4.69) is 15.7 Å². The minimum atomic E-state index is -0.501. The number of hydrogen-bond acceptors (Lipinski definition) is 4. The summed E-state index contributed by atoms with van der Waals surface area (Å²) in [6.45, 7) is 8.59. The zero-order chi connectivity index (χ0) is 16.4. The van der Waals surface area contributed by atoms with Gasteiger partial charge in [0.15, 0.2) is 0 Å². The zero-order valence-corrected chi connectivity index (χ0v) is 13.9. The van der Waals surface area contributed by atoms with Crippen LogP contribution in [0.4, 0.5) is 0 Å². The average molecular weight is 316 g/mol. The van der Waals surface area contributed by atoms with Crippen LogP contribution in [-0.2, 0) is 15.1 Å². The van der Waals surface area contributed by atoms with Crippen molar-refractivity contribution < 1.29 is 9.53 Å². The summed E-state index contributed by atoms with van der Waals surface area (Å²) in [6, 6.07) is 6.06. The topological polar surface area (TPSA) is 67.7 Å². The lowest BCUT2D eigenvalue weighted by molar-refractivity contribution is -0.128. The van der Waals surface area contributed by atoms with Crippen molar-refractivity contribution in [3.8, 4) is 0 Å². The summed E-state index contributed by atoms with van der Waals surface area (Å²) in [7, 11) is 0. The third kappa shape index (κ3) is 3.23. The zero-order valence-electron chi connectivity index (χ0n) is 13.9. The van der Waals surface area contributed by atoms with E-state index in [1.807, 2.05) is 49.7 Å². The van der Waals surface area contributed by atoms with Gasteiger partial charge in [0.1, 0.15) is 0 Å². The van der Waals surface area contributed by atoms with Gasteiger partial charge in [0, 0.05) is 24.3 Å². The Hall–Kier alpha value is -1.92. The molecule has 6 heteroatoms. The van der Waals surface area contributed by atoms with Gasteiger partial charge in [0.2, 0.25) is 5.91 Å². The highest BCUT2D eigenvalue weighted by molar-refractivity contribution is 5.80. The van der Waals surface area contributed by atoms with Crippen molar-refractivity contribution in [1.29, 1.82) is 0 Å². The number of aromatic nitrogens is 2. The largest absolute Gasteiger partial charge is 0.379 e. The van der Waals surface area contributed by atoms with E-state index >= 15 is 0 Å². The standard InChI is InChI=1S/C17H24N4O2/c1-12-5-4-6-15-14(10-19-21(12)15)17(2,3)20-16(22)13-9-18-7-8-23-11-13/h4-6,10,13,18H,7-9,11H2,1-3H3,(H,20,22). The Bertz CT molecular complexity index is 700. The predicted molar refractivity (Wildman–Crippen MR) is 88.3 cm³/mol. The van der Waals surface area contributed by atoms with Crippen LogP contribution in [0.25, 0.3) is 5.52 Å². The van der Waals surface area contributed by atoms with Gasteiger partial charge >= 0.3 is 0 Å². The minimum Gasteiger partial charge on any atom is -0.379 e. The van der Waals surface area contributed by atoms with Crippen molar-refractivity contribution >= 4 is 11.4 Å². The molecule has 6 nitrogen and oxygen atoms in total. The smallest absolute Gasteiger partial charge is 0.227 e. The lowest BCUT2D eigenvalue weighted by Gasteiger charge is -2.28. The van der Waals surface area contributed by atoms with E-state index < -0.39 is 5.54 Å². The Kier molecular flexibility index (Phi) is 4.37. The van der Waals surface area contributed by atoms with Crippen LogP contribution in [0.15, 0.2) is 24.4 Å². The Morgan fingerprint density at radius 3 is 3.13 bits per heavy atom. The molecule has 2 aromatic rings. The number of fused-ring (bicyclic) bond motifs is 1. The van der Waals surface area contributed by atoms with Gasteiger partial charge in [0.25, 0.3) is 0 Å². The maximum absolute atomic E-state index is 12.6. The molecule has 0 spiro atoms.